The summed E-state index contributed by atoms with van der Waals surface area (Å²) in [7, 11) is 1.53. The average Bonchev–Trinajstić information content (AvgIpc) is 2.96. The number of ether oxygens (including phenoxy) is 1. The lowest BCUT2D eigenvalue weighted by atomic mass is 10.0. The van der Waals surface area contributed by atoms with E-state index in [0.717, 1.165) is 19.3 Å². The highest BCUT2D eigenvalue weighted by atomic mass is 32.1. The fraction of sp³-hybridized carbons (Fsp3) is 0.500. The van der Waals surface area contributed by atoms with Gasteiger partial charge in [0.25, 0.3) is 5.91 Å². The van der Waals surface area contributed by atoms with Crippen molar-refractivity contribution in [1.29, 1.82) is 0 Å². The quantitative estimate of drug-likeness (QED) is 0.859. The zero-order chi connectivity index (χ0) is 13.1. The highest BCUT2D eigenvalue weighted by molar-refractivity contribution is 7.12. The summed E-state index contributed by atoms with van der Waals surface area (Å²) in [4.78, 5) is 23.9. The Morgan fingerprint density at radius 3 is 2.94 bits per heavy atom. The molecular formula is C12H16N2O3S. The van der Waals surface area contributed by atoms with Crippen molar-refractivity contribution in [2.45, 2.75) is 25.3 Å². The molecule has 0 aliphatic heterocycles. The lowest BCUT2D eigenvalue weighted by Crippen LogP contribution is -2.42. The predicted octanol–water partition coefficient (Wildman–Crippen LogP) is 1.14. The molecule has 3 N–H and O–H groups in total. The molecule has 2 rings (SSSR count). The van der Waals surface area contributed by atoms with Crippen molar-refractivity contribution in [2.75, 3.05) is 7.11 Å². The predicted molar refractivity (Wildman–Crippen MR) is 68.7 cm³/mol. The summed E-state index contributed by atoms with van der Waals surface area (Å²) in [5, 5.41) is 4.68. The van der Waals surface area contributed by atoms with E-state index in [2.05, 4.69) is 5.32 Å². The van der Waals surface area contributed by atoms with Gasteiger partial charge in [-0.15, -0.1) is 11.3 Å². The Morgan fingerprint density at radius 2 is 2.28 bits per heavy atom. The number of hydrogen-bond acceptors (Lipinski definition) is 4. The Morgan fingerprint density at radius 1 is 1.50 bits per heavy atom. The molecule has 0 spiro atoms. The van der Waals surface area contributed by atoms with E-state index in [-0.39, 0.29) is 23.8 Å². The van der Waals surface area contributed by atoms with Crippen LogP contribution in [0, 0.1) is 5.92 Å². The molecule has 0 saturated heterocycles. The number of carbonyl (C=O) groups is 2. The van der Waals surface area contributed by atoms with Crippen molar-refractivity contribution < 1.29 is 14.3 Å². The third-order valence-corrected chi connectivity index (χ3v) is 4.15. The van der Waals surface area contributed by atoms with Crippen LogP contribution in [-0.4, -0.2) is 25.0 Å². The average molecular weight is 268 g/mol. The zero-order valence-corrected chi connectivity index (χ0v) is 11.0. The molecule has 5 nitrogen and oxygen atoms in total. The third-order valence-electron chi connectivity index (χ3n) is 3.25. The van der Waals surface area contributed by atoms with Crippen LogP contribution in [0.5, 0.6) is 5.75 Å². The molecule has 0 aromatic carbocycles. The number of primary amides is 1. The van der Waals surface area contributed by atoms with E-state index >= 15 is 0 Å². The van der Waals surface area contributed by atoms with Crippen LogP contribution < -0.4 is 15.8 Å². The van der Waals surface area contributed by atoms with E-state index in [1.54, 1.807) is 11.4 Å². The largest absolute Gasteiger partial charge is 0.495 e. The monoisotopic (exact) mass is 268 g/mol. The van der Waals surface area contributed by atoms with E-state index in [1.807, 2.05) is 0 Å². The van der Waals surface area contributed by atoms with Gasteiger partial charge in [-0.1, -0.05) is 6.42 Å². The summed E-state index contributed by atoms with van der Waals surface area (Å²) in [6.07, 6.45) is 2.47. The van der Waals surface area contributed by atoms with Gasteiger partial charge in [-0.25, -0.2) is 0 Å². The van der Waals surface area contributed by atoms with E-state index in [4.69, 9.17) is 10.5 Å². The Balaban J connectivity index is 2.05. The molecule has 0 radical (unpaired) electrons. The van der Waals surface area contributed by atoms with Crippen LogP contribution in [0.1, 0.15) is 28.9 Å². The van der Waals surface area contributed by atoms with E-state index in [0.29, 0.717) is 10.6 Å². The molecule has 0 bridgehead atoms. The highest BCUT2D eigenvalue weighted by Gasteiger charge is 2.33. The fourth-order valence-corrected chi connectivity index (χ4v) is 3.09. The minimum absolute atomic E-state index is 0.151. The molecule has 1 saturated carbocycles. The standard InChI is InChI=1S/C12H16N2O3S/c1-17-9-5-6-18-10(9)12(16)14-8-4-2-3-7(8)11(13)15/h5-8H,2-4H2,1H3,(H2,13,15)(H,14,16)/t7-,8+/m0/s1. The molecule has 1 aliphatic carbocycles. The molecule has 1 fully saturated rings. The topological polar surface area (TPSA) is 81.4 Å². The Hall–Kier alpha value is -1.56. The van der Waals surface area contributed by atoms with Crippen molar-refractivity contribution in [3.63, 3.8) is 0 Å². The molecular weight excluding hydrogens is 252 g/mol. The van der Waals surface area contributed by atoms with Crippen LogP contribution in [0.25, 0.3) is 0 Å². The molecule has 98 valence electrons. The Labute approximate surface area is 109 Å². The number of carbonyl (C=O) groups excluding carboxylic acids is 2. The first-order valence-electron chi connectivity index (χ1n) is 5.85. The molecule has 6 heteroatoms. The number of rotatable bonds is 4. The lowest BCUT2D eigenvalue weighted by molar-refractivity contribution is -0.122. The number of hydrogen-bond donors (Lipinski definition) is 2. The first-order valence-corrected chi connectivity index (χ1v) is 6.73. The first-order chi connectivity index (χ1) is 8.63. The van der Waals surface area contributed by atoms with Crippen LogP contribution in [0.15, 0.2) is 11.4 Å². The second kappa shape index (κ2) is 5.39. The van der Waals surface area contributed by atoms with Gasteiger partial charge in [-0.05, 0) is 24.3 Å². The van der Waals surface area contributed by atoms with Crippen LogP contribution in [0.2, 0.25) is 0 Å². The maximum Gasteiger partial charge on any atom is 0.265 e. The first kappa shape index (κ1) is 12.9. The molecule has 1 heterocycles. The van der Waals surface area contributed by atoms with Gasteiger partial charge in [0.15, 0.2) is 0 Å². The third kappa shape index (κ3) is 2.48. The maximum atomic E-state index is 12.1. The van der Waals surface area contributed by atoms with Crippen molar-refractivity contribution in [1.82, 2.24) is 5.32 Å². The number of thiophene rings is 1. The van der Waals surface area contributed by atoms with Crippen LogP contribution >= 0.6 is 11.3 Å². The van der Waals surface area contributed by atoms with E-state index in [9.17, 15) is 9.59 Å². The zero-order valence-electron chi connectivity index (χ0n) is 10.1. The lowest BCUT2D eigenvalue weighted by Gasteiger charge is -2.18. The second-order valence-electron chi connectivity index (χ2n) is 4.34. The van der Waals surface area contributed by atoms with Gasteiger partial charge in [0, 0.05) is 6.04 Å². The molecule has 1 aromatic rings. The van der Waals surface area contributed by atoms with Crippen molar-refractivity contribution in [2.24, 2.45) is 11.7 Å². The van der Waals surface area contributed by atoms with Gasteiger partial charge in [-0.2, -0.15) is 0 Å². The van der Waals surface area contributed by atoms with Gasteiger partial charge >= 0.3 is 0 Å². The summed E-state index contributed by atoms with van der Waals surface area (Å²) in [5.74, 6) is -0.220. The minimum atomic E-state index is -0.337. The van der Waals surface area contributed by atoms with E-state index in [1.165, 1.54) is 18.4 Å². The van der Waals surface area contributed by atoms with E-state index < -0.39 is 0 Å². The molecule has 1 aromatic heterocycles. The smallest absolute Gasteiger partial charge is 0.265 e. The van der Waals surface area contributed by atoms with Crippen LogP contribution in [0.3, 0.4) is 0 Å². The molecule has 2 amide bonds. The molecule has 2 atom stereocenters. The van der Waals surface area contributed by atoms with Crippen molar-refractivity contribution in [3.8, 4) is 5.75 Å². The number of nitrogens with one attached hydrogen (secondary N) is 1. The second-order valence-corrected chi connectivity index (χ2v) is 5.25. The highest BCUT2D eigenvalue weighted by Crippen LogP contribution is 2.28. The minimum Gasteiger partial charge on any atom is -0.495 e. The van der Waals surface area contributed by atoms with Crippen molar-refractivity contribution in [3.05, 3.63) is 16.3 Å². The fourth-order valence-electron chi connectivity index (χ4n) is 2.33. The van der Waals surface area contributed by atoms with Gasteiger partial charge in [0.1, 0.15) is 10.6 Å². The van der Waals surface area contributed by atoms with Crippen molar-refractivity contribution >= 4 is 23.2 Å². The SMILES string of the molecule is COc1ccsc1C(=O)N[C@@H]1CCC[C@@H]1C(N)=O. The Bertz CT molecular complexity index is 458. The molecule has 1 aliphatic rings. The van der Waals surface area contributed by atoms with Crippen LogP contribution in [0.4, 0.5) is 0 Å². The summed E-state index contributed by atoms with van der Waals surface area (Å²) < 4.78 is 5.10. The van der Waals surface area contributed by atoms with Gasteiger partial charge in [0.2, 0.25) is 5.91 Å². The summed E-state index contributed by atoms with van der Waals surface area (Å²) in [5.41, 5.74) is 5.33. The van der Waals surface area contributed by atoms with Crippen LogP contribution in [-0.2, 0) is 4.79 Å². The number of amides is 2. The summed E-state index contributed by atoms with van der Waals surface area (Å²) in [6.45, 7) is 0. The Kier molecular flexibility index (Phi) is 3.86. The maximum absolute atomic E-state index is 12.1. The van der Waals surface area contributed by atoms with Gasteiger partial charge in [-0.3, -0.25) is 9.59 Å². The molecule has 0 unspecified atom stereocenters. The number of nitrogens with two attached hydrogens (primary N) is 1. The number of methoxy groups -OCH3 is 1. The van der Waals surface area contributed by atoms with Gasteiger partial charge in [0.05, 0.1) is 13.0 Å². The summed E-state index contributed by atoms with van der Waals surface area (Å²) >= 11 is 1.32. The normalized spacial score (nSPS) is 22.7. The molecule has 18 heavy (non-hydrogen) atoms. The summed E-state index contributed by atoms with van der Waals surface area (Å²) in [6, 6.07) is 1.60. The van der Waals surface area contributed by atoms with Gasteiger partial charge < -0.3 is 15.8 Å².